The standard InChI is InChI=1S/C21H26N4O4/c1-5-28-16-10-7-13(11-17(16)27-4)19(22)21-23-20(24-25-21)14-8-9-15(26-3)18(12-14)29-6-2/h7-12,19H,5-6,22H2,1-4H3,(H,23,24,25)/t19-/m0/s1. The molecule has 0 radical (unpaired) electrons. The first-order valence-corrected chi connectivity index (χ1v) is 9.41. The van der Waals surface area contributed by atoms with Crippen LogP contribution in [0, 0.1) is 0 Å². The lowest BCUT2D eigenvalue weighted by Gasteiger charge is -2.13. The van der Waals surface area contributed by atoms with Crippen LogP contribution in [0.1, 0.15) is 31.3 Å². The topological polar surface area (TPSA) is 105 Å². The van der Waals surface area contributed by atoms with Crippen molar-refractivity contribution in [2.75, 3.05) is 27.4 Å². The lowest BCUT2D eigenvalue weighted by molar-refractivity contribution is 0.310. The van der Waals surface area contributed by atoms with Crippen molar-refractivity contribution >= 4 is 0 Å². The van der Waals surface area contributed by atoms with E-state index in [2.05, 4.69) is 15.2 Å². The molecule has 0 saturated carbocycles. The SMILES string of the molecule is CCOc1ccc([C@H](N)c2nc(-c3ccc(OC)c(OCC)c3)n[nH]2)cc1OC. The van der Waals surface area contributed by atoms with Crippen LogP contribution in [0.3, 0.4) is 0 Å². The summed E-state index contributed by atoms with van der Waals surface area (Å²) in [6, 6.07) is 10.6. The largest absolute Gasteiger partial charge is 0.493 e. The first-order valence-electron chi connectivity index (χ1n) is 9.41. The van der Waals surface area contributed by atoms with Crippen LogP contribution in [0.2, 0.25) is 0 Å². The summed E-state index contributed by atoms with van der Waals surface area (Å²) in [5.74, 6) is 3.66. The molecule has 0 spiro atoms. The summed E-state index contributed by atoms with van der Waals surface area (Å²) < 4.78 is 21.9. The molecule has 3 rings (SSSR count). The number of hydrogen-bond acceptors (Lipinski definition) is 7. The molecule has 0 amide bonds. The third-order valence-electron chi connectivity index (χ3n) is 4.37. The summed E-state index contributed by atoms with van der Waals surface area (Å²) in [5, 5.41) is 7.24. The van der Waals surface area contributed by atoms with E-state index < -0.39 is 6.04 Å². The van der Waals surface area contributed by atoms with E-state index in [1.165, 1.54) is 0 Å². The van der Waals surface area contributed by atoms with Gasteiger partial charge in [0.1, 0.15) is 5.82 Å². The van der Waals surface area contributed by atoms with Crippen LogP contribution in [0.4, 0.5) is 0 Å². The Balaban J connectivity index is 1.87. The first-order chi connectivity index (χ1) is 14.1. The zero-order chi connectivity index (χ0) is 20.8. The van der Waals surface area contributed by atoms with Crippen LogP contribution in [0.25, 0.3) is 11.4 Å². The van der Waals surface area contributed by atoms with E-state index in [0.717, 1.165) is 11.1 Å². The minimum Gasteiger partial charge on any atom is -0.493 e. The Labute approximate surface area is 170 Å². The highest BCUT2D eigenvalue weighted by molar-refractivity contribution is 5.61. The van der Waals surface area contributed by atoms with Gasteiger partial charge in [-0.25, -0.2) is 4.98 Å². The second-order valence-electron chi connectivity index (χ2n) is 6.16. The van der Waals surface area contributed by atoms with Gasteiger partial charge in [0.15, 0.2) is 28.8 Å². The molecule has 0 bridgehead atoms. The number of benzene rings is 2. The van der Waals surface area contributed by atoms with Crippen molar-refractivity contribution in [1.82, 2.24) is 15.2 Å². The Kier molecular flexibility index (Phi) is 6.56. The fourth-order valence-electron chi connectivity index (χ4n) is 2.94. The zero-order valence-electron chi connectivity index (χ0n) is 17.1. The normalized spacial score (nSPS) is 11.8. The molecular formula is C21H26N4O4. The average Bonchev–Trinajstić information content (AvgIpc) is 3.24. The number of nitrogens with two attached hydrogens (primary N) is 1. The van der Waals surface area contributed by atoms with E-state index in [4.69, 9.17) is 24.7 Å². The first kappa shape index (κ1) is 20.5. The minimum absolute atomic E-state index is 0.495. The van der Waals surface area contributed by atoms with Gasteiger partial charge in [-0.15, -0.1) is 0 Å². The molecule has 3 N–H and O–H groups in total. The molecule has 0 saturated heterocycles. The molecule has 1 atom stereocenters. The van der Waals surface area contributed by atoms with Crippen molar-refractivity contribution in [1.29, 1.82) is 0 Å². The number of ether oxygens (including phenoxy) is 4. The van der Waals surface area contributed by atoms with Crippen LogP contribution >= 0.6 is 0 Å². The van der Waals surface area contributed by atoms with E-state index >= 15 is 0 Å². The third-order valence-corrected chi connectivity index (χ3v) is 4.37. The lowest BCUT2D eigenvalue weighted by atomic mass is 10.1. The maximum absolute atomic E-state index is 6.40. The number of nitrogens with one attached hydrogen (secondary N) is 1. The van der Waals surface area contributed by atoms with Crippen LogP contribution in [0.15, 0.2) is 36.4 Å². The van der Waals surface area contributed by atoms with Crippen molar-refractivity contribution in [3.8, 4) is 34.4 Å². The molecular weight excluding hydrogens is 372 g/mol. The lowest BCUT2D eigenvalue weighted by Crippen LogP contribution is -2.14. The number of hydrogen-bond donors (Lipinski definition) is 2. The van der Waals surface area contributed by atoms with Crippen LogP contribution in [0.5, 0.6) is 23.0 Å². The van der Waals surface area contributed by atoms with Crippen LogP contribution < -0.4 is 24.7 Å². The summed E-state index contributed by atoms with van der Waals surface area (Å²) >= 11 is 0. The Bertz CT molecular complexity index is 958. The van der Waals surface area contributed by atoms with Gasteiger partial charge >= 0.3 is 0 Å². The number of aromatic nitrogens is 3. The van der Waals surface area contributed by atoms with Gasteiger partial charge in [0, 0.05) is 5.56 Å². The van der Waals surface area contributed by atoms with Gasteiger partial charge < -0.3 is 24.7 Å². The molecule has 1 aromatic heterocycles. The molecule has 3 aromatic rings. The van der Waals surface area contributed by atoms with Gasteiger partial charge in [-0.1, -0.05) is 6.07 Å². The molecule has 0 aliphatic rings. The average molecular weight is 398 g/mol. The Morgan fingerprint density at radius 1 is 0.897 bits per heavy atom. The molecule has 1 heterocycles. The molecule has 0 aliphatic heterocycles. The van der Waals surface area contributed by atoms with Crippen molar-refractivity contribution < 1.29 is 18.9 Å². The van der Waals surface area contributed by atoms with Crippen LogP contribution in [-0.2, 0) is 0 Å². The van der Waals surface area contributed by atoms with E-state index in [9.17, 15) is 0 Å². The third kappa shape index (κ3) is 4.43. The van der Waals surface area contributed by atoms with Crippen LogP contribution in [-0.4, -0.2) is 42.6 Å². The Morgan fingerprint density at radius 3 is 2.28 bits per heavy atom. The maximum Gasteiger partial charge on any atom is 0.181 e. The Hall–Kier alpha value is -3.26. The molecule has 0 unspecified atom stereocenters. The van der Waals surface area contributed by atoms with Crippen molar-refractivity contribution in [3.05, 3.63) is 47.8 Å². The molecule has 8 nitrogen and oxygen atoms in total. The molecule has 8 heteroatoms. The highest BCUT2D eigenvalue weighted by atomic mass is 16.5. The van der Waals surface area contributed by atoms with E-state index in [1.54, 1.807) is 14.2 Å². The van der Waals surface area contributed by atoms with E-state index in [-0.39, 0.29) is 0 Å². The van der Waals surface area contributed by atoms with E-state index in [1.807, 2.05) is 50.2 Å². The summed E-state index contributed by atoms with van der Waals surface area (Å²) in [7, 11) is 3.20. The zero-order valence-corrected chi connectivity index (χ0v) is 17.1. The number of H-pyrrole nitrogens is 1. The smallest absolute Gasteiger partial charge is 0.181 e. The predicted molar refractivity (Wildman–Crippen MR) is 110 cm³/mol. The molecule has 0 aliphatic carbocycles. The van der Waals surface area contributed by atoms with Crippen molar-refractivity contribution in [2.45, 2.75) is 19.9 Å². The summed E-state index contributed by atoms with van der Waals surface area (Å²) in [5.41, 5.74) is 8.03. The highest BCUT2D eigenvalue weighted by Gasteiger charge is 2.18. The quantitative estimate of drug-likeness (QED) is 0.569. The summed E-state index contributed by atoms with van der Waals surface area (Å²) in [4.78, 5) is 4.57. The number of aromatic amines is 1. The second kappa shape index (κ2) is 9.29. The van der Waals surface area contributed by atoms with Gasteiger partial charge in [0.2, 0.25) is 0 Å². The van der Waals surface area contributed by atoms with Gasteiger partial charge in [0.25, 0.3) is 0 Å². The Morgan fingerprint density at radius 2 is 1.59 bits per heavy atom. The van der Waals surface area contributed by atoms with Gasteiger partial charge in [-0.2, -0.15) is 5.10 Å². The predicted octanol–water partition coefficient (Wildman–Crippen LogP) is 3.33. The number of rotatable bonds is 9. The summed E-state index contributed by atoms with van der Waals surface area (Å²) in [6.07, 6.45) is 0. The fourth-order valence-corrected chi connectivity index (χ4v) is 2.94. The minimum atomic E-state index is -0.495. The van der Waals surface area contributed by atoms with E-state index in [0.29, 0.717) is 47.9 Å². The molecule has 0 fully saturated rings. The fraction of sp³-hybridized carbons (Fsp3) is 0.333. The summed E-state index contributed by atoms with van der Waals surface area (Å²) in [6.45, 7) is 4.93. The molecule has 29 heavy (non-hydrogen) atoms. The molecule has 154 valence electrons. The van der Waals surface area contributed by atoms with Crippen molar-refractivity contribution in [2.24, 2.45) is 5.73 Å². The van der Waals surface area contributed by atoms with Crippen molar-refractivity contribution in [3.63, 3.8) is 0 Å². The second-order valence-corrected chi connectivity index (χ2v) is 6.16. The maximum atomic E-state index is 6.40. The van der Waals surface area contributed by atoms with Gasteiger partial charge in [-0.05, 0) is 49.7 Å². The van der Waals surface area contributed by atoms with Gasteiger partial charge in [0.05, 0.1) is 33.5 Å². The monoisotopic (exact) mass is 398 g/mol. The van der Waals surface area contributed by atoms with Gasteiger partial charge in [-0.3, -0.25) is 5.10 Å². The highest BCUT2D eigenvalue weighted by Crippen LogP contribution is 2.33. The number of nitrogens with zero attached hydrogens (tertiary/aromatic N) is 2. The number of methoxy groups -OCH3 is 2. The molecule has 2 aromatic carbocycles.